The summed E-state index contributed by atoms with van der Waals surface area (Å²) in [6.45, 7) is 8.79. The van der Waals surface area contributed by atoms with Crippen molar-refractivity contribution in [3.63, 3.8) is 0 Å². The van der Waals surface area contributed by atoms with Crippen molar-refractivity contribution in [2.24, 2.45) is 29.1 Å². The number of aliphatic hydroxyl groups excluding tert-OH is 2. The zero-order valence-corrected chi connectivity index (χ0v) is 32.7. The van der Waals surface area contributed by atoms with Gasteiger partial charge in [-0.1, -0.05) is 68.8 Å². The van der Waals surface area contributed by atoms with Crippen LogP contribution in [0.3, 0.4) is 0 Å². The summed E-state index contributed by atoms with van der Waals surface area (Å²) in [5, 5.41) is 29.9. The van der Waals surface area contributed by atoms with Gasteiger partial charge >= 0.3 is 0 Å². The van der Waals surface area contributed by atoms with Crippen molar-refractivity contribution >= 4 is 29.1 Å². The molecule has 2 bridgehead atoms. The van der Waals surface area contributed by atoms with Crippen molar-refractivity contribution in [1.29, 1.82) is 0 Å². The molecule has 3 aromatic carbocycles. The number of para-hydroxylation sites is 1. The number of hydrogen-bond acceptors (Lipinski definition) is 8. The number of anilines is 1. The van der Waals surface area contributed by atoms with Crippen molar-refractivity contribution in [3.8, 4) is 16.9 Å². The lowest BCUT2D eigenvalue weighted by atomic mass is 9.45. The molecular weight excluding hydrogens is 692 g/mol. The molecular formula is C42H55ClN4O6. The van der Waals surface area contributed by atoms with Crippen molar-refractivity contribution in [1.82, 2.24) is 15.7 Å². The average Bonchev–Trinajstić information content (AvgIpc) is 3.51. The van der Waals surface area contributed by atoms with Crippen molar-refractivity contribution in [2.75, 3.05) is 39.3 Å². The van der Waals surface area contributed by atoms with Crippen LogP contribution in [0.25, 0.3) is 11.1 Å². The second kappa shape index (κ2) is 16.0. The number of benzene rings is 3. The van der Waals surface area contributed by atoms with Gasteiger partial charge in [-0.15, -0.1) is 0 Å². The predicted octanol–water partition coefficient (Wildman–Crippen LogP) is 5.71. The third-order valence-electron chi connectivity index (χ3n) is 12.3. The monoisotopic (exact) mass is 746 g/mol. The first kappa shape index (κ1) is 39.0. The zero-order valence-electron chi connectivity index (χ0n) is 31.9. The molecule has 0 aromatic heterocycles. The van der Waals surface area contributed by atoms with Crippen LogP contribution in [0.4, 0.5) is 5.69 Å². The smallest absolute Gasteiger partial charge is 0.251 e. The molecule has 0 radical (unpaired) electrons. The van der Waals surface area contributed by atoms with E-state index in [9.17, 15) is 19.8 Å². The van der Waals surface area contributed by atoms with E-state index in [4.69, 9.17) is 21.2 Å². The number of hydrogen-bond donors (Lipinski definition) is 4. The molecule has 1 heterocycles. The number of carbonyl (C=O) groups excluding carboxylic acids is 2. The van der Waals surface area contributed by atoms with Gasteiger partial charge in [-0.05, 0) is 84.7 Å². The number of carbonyl (C=O) groups is 2. The molecule has 11 heteroatoms. The third kappa shape index (κ3) is 7.80. The molecule has 0 spiro atoms. The van der Waals surface area contributed by atoms with Crippen LogP contribution in [-0.4, -0.2) is 85.7 Å². The number of ether oxygens (including phenoxy) is 1. The first-order valence-electron chi connectivity index (χ1n) is 18.8. The van der Waals surface area contributed by atoms with E-state index in [1.165, 1.54) is 6.42 Å². The molecule has 3 saturated carbocycles. The number of nitrogens with zero attached hydrogens (tertiary/aromatic N) is 2. The van der Waals surface area contributed by atoms with Crippen LogP contribution in [0.15, 0.2) is 60.7 Å². The number of aliphatic hydroxyl groups is 2. The van der Waals surface area contributed by atoms with Crippen molar-refractivity contribution in [2.45, 2.75) is 77.8 Å². The minimum atomic E-state index is -0.903. The fraction of sp³-hybridized carbons (Fsp3) is 0.524. The van der Waals surface area contributed by atoms with Crippen molar-refractivity contribution < 1.29 is 29.4 Å². The Morgan fingerprint density at radius 3 is 2.47 bits per heavy atom. The second-order valence-corrected chi connectivity index (χ2v) is 16.4. The van der Waals surface area contributed by atoms with Crippen LogP contribution >= 0.6 is 11.6 Å². The summed E-state index contributed by atoms with van der Waals surface area (Å²) in [6.07, 6.45) is 1.07. The van der Waals surface area contributed by atoms with Crippen LogP contribution in [-0.2, 0) is 22.6 Å². The Hall–Kier alpha value is -3.67. The molecule has 0 unspecified atom stereocenters. The molecule has 4 fully saturated rings. The molecule has 1 saturated heterocycles. The van der Waals surface area contributed by atoms with Gasteiger partial charge in [-0.2, -0.15) is 5.06 Å². The van der Waals surface area contributed by atoms with Crippen LogP contribution < -0.4 is 20.3 Å². The Morgan fingerprint density at radius 2 is 1.83 bits per heavy atom. The Morgan fingerprint density at radius 1 is 1.09 bits per heavy atom. The zero-order chi connectivity index (χ0) is 38.2. The Labute approximate surface area is 318 Å². The number of nitrogens with one attached hydrogen (secondary N) is 2. The summed E-state index contributed by atoms with van der Waals surface area (Å²) in [5.74, 6) is 0.970. The molecule has 10 nitrogen and oxygen atoms in total. The molecule has 4 N–H and O–H groups in total. The summed E-state index contributed by atoms with van der Waals surface area (Å²) in [7, 11) is 5.45. The van der Waals surface area contributed by atoms with Gasteiger partial charge in [0.15, 0.2) is 0 Å². The fourth-order valence-electron chi connectivity index (χ4n) is 9.10. The minimum absolute atomic E-state index is 0.0355. The number of rotatable bonds is 13. The SMILES string of the molecule is COc1c(CN2O[C@@H](CO)[C@@H]([C@H](C)O)[C@H]2C(=O)N[C@H]2C[C@H]3C[C@@H]([C@@H]2C)C3(C)C)cccc1-c1cc(C(=O)NCCc2ccccc2Cl)cc(N(C)C)c1. The van der Waals surface area contributed by atoms with E-state index in [-0.39, 0.29) is 36.4 Å². The van der Waals surface area contributed by atoms with Gasteiger partial charge in [-0.25, -0.2) is 0 Å². The topological polar surface area (TPSA) is 124 Å². The van der Waals surface area contributed by atoms with Gasteiger partial charge in [0.25, 0.3) is 5.91 Å². The van der Waals surface area contributed by atoms with Gasteiger partial charge in [0.2, 0.25) is 5.91 Å². The van der Waals surface area contributed by atoms with Crippen LogP contribution in [0.2, 0.25) is 5.02 Å². The minimum Gasteiger partial charge on any atom is -0.496 e. The lowest BCUT2D eigenvalue weighted by Gasteiger charge is -2.62. The molecule has 1 aliphatic heterocycles. The van der Waals surface area contributed by atoms with E-state index in [1.54, 1.807) is 19.1 Å². The lowest BCUT2D eigenvalue weighted by Crippen LogP contribution is -2.62. The Kier molecular flexibility index (Phi) is 11.8. The second-order valence-electron chi connectivity index (χ2n) is 16.0. The maximum absolute atomic E-state index is 14.2. The third-order valence-corrected chi connectivity index (χ3v) is 12.7. The van der Waals surface area contributed by atoms with E-state index in [0.717, 1.165) is 34.4 Å². The highest BCUT2D eigenvalue weighted by Gasteiger charge is 2.57. The summed E-state index contributed by atoms with van der Waals surface area (Å²) < 4.78 is 6.05. The molecule has 3 aromatic rings. The van der Waals surface area contributed by atoms with E-state index < -0.39 is 24.2 Å². The Balaban J connectivity index is 1.26. The average molecular weight is 747 g/mol. The number of amides is 2. The highest BCUT2D eigenvalue weighted by Crippen LogP contribution is 2.61. The van der Waals surface area contributed by atoms with E-state index in [0.29, 0.717) is 47.1 Å². The van der Waals surface area contributed by atoms with E-state index in [1.807, 2.05) is 79.7 Å². The number of fused-ring (bicyclic) bond motifs is 2. The largest absolute Gasteiger partial charge is 0.496 e. The lowest BCUT2D eigenvalue weighted by molar-refractivity contribution is -0.183. The number of hydroxylamine groups is 2. The maximum Gasteiger partial charge on any atom is 0.251 e. The highest BCUT2D eigenvalue weighted by atomic mass is 35.5. The van der Waals surface area contributed by atoms with E-state index >= 15 is 0 Å². The number of halogens is 1. The summed E-state index contributed by atoms with van der Waals surface area (Å²) in [6, 6.07) is 18.3. The van der Waals surface area contributed by atoms with Gasteiger partial charge < -0.3 is 30.5 Å². The van der Waals surface area contributed by atoms with Crippen LogP contribution in [0, 0.1) is 29.1 Å². The molecule has 286 valence electrons. The molecule has 3 aliphatic carbocycles. The molecule has 2 amide bonds. The maximum atomic E-state index is 14.2. The quantitative estimate of drug-likeness (QED) is 0.175. The summed E-state index contributed by atoms with van der Waals surface area (Å²) in [4.78, 5) is 35.9. The summed E-state index contributed by atoms with van der Waals surface area (Å²) >= 11 is 6.33. The number of methoxy groups -OCH3 is 1. The fourth-order valence-corrected chi connectivity index (χ4v) is 9.33. The molecule has 4 aliphatic rings. The van der Waals surface area contributed by atoms with E-state index in [2.05, 4.69) is 31.4 Å². The normalized spacial score (nSPS) is 26.7. The first-order chi connectivity index (χ1) is 25.2. The first-order valence-corrected chi connectivity index (χ1v) is 19.2. The Bertz CT molecular complexity index is 1800. The molecule has 7 rings (SSSR count). The van der Waals surface area contributed by atoms with Crippen molar-refractivity contribution in [3.05, 3.63) is 82.4 Å². The van der Waals surface area contributed by atoms with Gasteiger partial charge in [0.05, 0.1) is 26.4 Å². The van der Waals surface area contributed by atoms with Gasteiger partial charge in [0.1, 0.15) is 17.9 Å². The molecule has 8 atom stereocenters. The van der Waals surface area contributed by atoms with Gasteiger partial charge in [0, 0.05) is 60.0 Å². The summed E-state index contributed by atoms with van der Waals surface area (Å²) in [5.41, 5.74) is 4.89. The highest BCUT2D eigenvalue weighted by molar-refractivity contribution is 6.31. The molecule has 53 heavy (non-hydrogen) atoms. The predicted molar refractivity (Wildman–Crippen MR) is 208 cm³/mol. The van der Waals surface area contributed by atoms with Crippen LogP contribution in [0.1, 0.15) is 62.0 Å². The van der Waals surface area contributed by atoms with Crippen LogP contribution in [0.5, 0.6) is 5.75 Å². The standard InChI is InChI=1S/C42H55ClN4O6/c1-24-33-20-30(42(33,3)4)21-35(24)45-41(51)38-37(25(2)49)36(23-48)53-47(38)22-27-12-10-13-32(39(27)52-7)28-17-29(19-31(18-28)46(5)6)40(50)44-16-15-26-11-8-9-14-34(26)43/h8-14,17-19,24-25,30,33,35-38,48-49H,15-16,20-23H2,1-7H3,(H,44,50)(H,45,51)/t24-,25-,30+,33-,35-,36-,37+,38-/m0/s1. The van der Waals surface area contributed by atoms with Gasteiger partial charge in [-0.3, -0.25) is 14.4 Å².